The third kappa shape index (κ3) is 8.11. The van der Waals surface area contributed by atoms with E-state index in [1.165, 1.54) is 5.56 Å². The quantitative estimate of drug-likeness (QED) is 0.730. The molecule has 152 valence electrons. The van der Waals surface area contributed by atoms with E-state index in [0.29, 0.717) is 13.0 Å². The van der Waals surface area contributed by atoms with Crippen molar-refractivity contribution in [1.29, 1.82) is 0 Å². The molecular weight excluding hydrogens is 352 g/mol. The van der Waals surface area contributed by atoms with Crippen molar-refractivity contribution in [2.75, 3.05) is 13.6 Å². The summed E-state index contributed by atoms with van der Waals surface area (Å²) in [5.41, 5.74) is 1.64. The van der Waals surface area contributed by atoms with Crippen LogP contribution in [0.3, 0.4) is 0 Å². The third-order valence-electron chi connectivity index (χ3n) is 4.26. The SMILES string of the molecule is CN(Cc1ccccc1)C[C@H](O)[C@@H](Cc1ccccc1)NC(=O)OC(C)(C)C. The highest BCUT2D eigenvalue weighted by atomic mass is 16.6. The van der Waals surface area contributed by atoms with Gasteiger partial charge in [-0.05, 0) is 45.4 Å². The van der Waals surface area contributed by atoms with E-state index in [0.717, 1.165) is 12.1 Å². The van der Waals surface area contributed by atoms with E-state index < -0.39 is 23.8 Å². The number of alkyl carbamates (subject to hydrolysis) is 1. The highest BCUT2D eigenvalue weighted by Crippen LogP contribution is 2.12. The van der Waals surface area contributed by atoms with E-state index in [1.807, 2.05) is 76.3 Å². The number of amides is 1. The van der Waals surface area contributed by atoms with E-state index in [-0.39, 0.29) is 0 Å². The van der Waals surface area contributed by atoms with Gasteiger partial charge in [-0.15, -0.1) is 0 Å². The minimum Gasteiger partial charge on any atom is -0.444 e. The van der Waals surface area contributed by atoms with Crippen LogP contribution in [0.4, 0.5) is 4.79 Å². The van der Waals surface area contributed by atoms with Gasteiger partial charge in [-0.3, -0.25) is 4.90 Å². The average molecular weight is 385 g/mol. The van der Waals surface area contributed by atoms with Crippen molar-refractivity contribution in [3.05, 3.63) is 71.8 Å². The van der Waals surface area contributed by atoms with Crippen molar-refractivity contribution in [2.24, 2.45) is 0 Å². The van der Waals surface area contributed by atoms with Crippen molar-refractivity contribution < 1.29 is 14.6 Å². The van der Waals surface area contributed by atoms with E-state index in [4.69, 9.17) is 4.74 Å². The molecule has 2 aromatic rings. The molecule has 2 atom stereocenters. The lowest BCUT2D eigenvalue weighted by molar-refractivity contribution is 0.0376. The van der Waals surface area contributed by atoms with Gasteiger partial charge >= 0.3 is 6.09 Å². The van der Waals surface area contributed by atoms with Crippen molar-refractivity contribution in [2.45, 2.75) is 51.5 Å². The number of aliphatic hydroxyl groups excluding tert-OH is 1. The zero-order chi connectivity index (χ0) is 20.6. The summed E-state index contributed by atoms with van der Waals surface area (Å²) in [4.78, 5) is 14.3. The van der Waals surface area contributed by atoms with Crippen LogP contribution in [0.5, 0.6) is 0 Å². The molecule has 1 amide bonds. The smallest absolute Gasteiger partial charge is 0.407 e. The van der Waals surface area contributed by atoms with E-state index in [9.17, 15) is 9.90 Å². The van der Waals surface area contributed by atoms with Gasteiger partial charge in [0.05, 0.1) is 12.1 Å². The number of rotatable bonds is 8. The van der Waals surface area contributed by atoms with Crippen molar-refractivity contribution in [1.82, 2.24) is 10.2 Å². The number of carbonyl (C=O) groups excluding carboxylic acids is 1. The van der Waals surface area contributed by atoms with Crippen molar-refractivity contribution in [3.8, 4) is 0 Å². The number of nitrogens with zero attached hydrogens (tertiary/aromatic N) is 1. The summed E-state index contributed by atoms with van der Waals surface area (Å²) < 4.78 is 5.38. The van der Waals surface area contributed by atoms with Gasteiger partial charge in [-0.25, -0.2) is 4.79 Å². The van der Waals surface area contributed by atoms with Crippen molar-refractivity contribution in [3.63, 3.8) is 0 Å². The van der Waals surface area contributed by atoms with Crippen molar-refractivity contribution >= 4 is 6.09 Å². The van der Waals surface area contributed by atoms with Gasteiger partial charge in [-0.2, -0.15) is 0 Å². The fourth-order valence-electron chi connectivity index (χ4n) is 3.02. The fourth-order valence-corrected chi connectivity index (χ4v) is 3.02. The Balaban J connectivity index is 2.02. The molecule has 5 nitrogen and oxygen atoms in total. The molecule has 0 aliphatic heterocycles. The van der Waals surface area contributed by atoms with Gasteiger partial charge in [0, 0.05) is 13.1 Å². The Morgan fingerprint density at radius 1 is 1.04 bits per heavy atom. The minimum absolute atomic E-state index is 0.433. The second-order valence-electron chi connectivity index (χ2n) is 8.19. The standard InChI is InChI=1S/C23H32N2O3/c1-23(2,3)28-22(27)24-20(15-18-11-7-5-8-12-18)21(26)17-25(4)16-19-13-9-6-10-14-19/h5-14,20-21,26H,15-17H2,1-4H3,(H,24,27)/t20-,21+/m1/s1. The number of aliphatic hydroxyl groups is 1. The number of benzene rings is 2. The highest BCUT2D eigenvalue weighted by Gasteiger charge is 2.25. The predicted octanol–water partition coefficient (Wildman–Crippen LogP) is 3.62. The van der Waals surface area contributed by atoms with Gasteiger partial charge < -0.3 is 15.2 Å². The summed E-state index contributed by atoms with van der Waals surface area (Å²) in [7, 11) is 1.96. The molecule has 0 spiro atoms. The molecule has 2 aromatic carbocycles. The molecule has 0 saturated heterocycles. The fraction of sp³-hybridized carbons (Fsp3) is 0.435. The van der Waals surface area contributed by atoms with Crippen LogP contribution in [-0.4, -0.2) is 47.4 Å². The van der Waals surface area contributed by atoms with Gasteiger partial charge in [0.1, 0.15) is 5.60 Å². The number of hydrogen-bond acceptors (Lipinski definition) is 4. The Bertz CT molecular complexity index is 714. The Morgan fingerprint density at radius 3 is 2.11 bits per heavy atom. The van der Waals surface area contributed by atoms with Gasteiger partial charge in [0.2, 0.25) is 0 Å². The van der Waals surface area contributed by atoms with E-state index in [2.05, 4.69) is 22.3 Å². The number of hydrogen-bond donors (Lipinski definition) is 2. The second kappa shape index (κ2) is 10.2. The number of ether oxygens (including phenoxy) is 1. The lowest BCUT2D eigenvalue weighted by atomic mass is 10.0. The lowest BCUT2D eigenvalue weighted by Crippen LogP contribution is -2.50. The molecule has 0 unspecified atom stereocenters. The maximum absolute atomic E-state index is 12.3. The molecule has 0 fully saturated rings. The summed E-state index contributed by atoms with van der Waals surface area (Å²) in [6.07, 6.45) is -0.722. The Kier molecular flexibility index (Phi) is 8.03. The Labute approximate surface area is 168 Å². The molecule has 2 rings (SSSR count). The Morgan fingerprint density at radius 2 is 1.57 bits per heavy atom. The molecule has 0 saturated carbocycles. The molecule has 0 radical (unpaired) electrons. The van der Waals surface area contributed by atoms with Crippen LogP contribution in [0.2, 0.25) is 0 Å². The number of nitrogens with one attached hydrogen (secondary N) is 1. The summed E-state index contributed by atoms with van der Waals surface area (Å²) >= 11 is 0. The molecule has 0 heterocycles. The van der Waals surface area contributed by atoms with E-state index in [1.54, 1.807) is 0 Å². The molecule has 0 bridgehead atoms. The van der Waals surface area contributed by atoms with Crippen LogP contribution in [0.1, 0.15) is 31.9 Å². The molecular formula is C23H32N2O3. The first-order valence-corrected chi connectivity index (χ1v) is 9.67. The minimum atomic E-state index is -0.735. The topological polar surface area (TPSA) is 61.8 Å². The molecule has 0 aromatic heterocycles. The summed E-state index contributed by atoms with van der Waals surface area (Å²) in [6, 6.07) is 19.5. The lowest BCUT2D eigenvalue weighted by Gasteiger charge is -2.29. The van der Waals surface area contributed by atoms with Gasteiger partial charge in [0.25, 0.3) is 0 Å². The van der Waals surface area contributed by atoms with E-state index >= 15 is 0 Å². The zero-order valence-corrected chi connectivity index (χ0v) is 17.3. The first kappa shape index (κ1) is 21.9. The van der Waals surface area contributed by atoms with Crippen LogP contribution < -0.4 is 5.32 Å². The first-order valence-electron chi connectivity index (χ1n) is 9.67. The maximum Gasteiger partial charge on any atom is 0.407 e. The molecule has 0 aliphatic rings. The molecule has 0 aliphatic carbocycles. The Hall–Kier alpha value is -2.37. The molecule has 28 heavy (non-hydrogen) atoms. The monoisotopic (exact) mass is 384 g/mol. The first-order chi connectivity index (χ1) is 13.2. The number of carbonyl (C=O) groups is 1. The van der Waals surface area contributed by atoms with Crippen LogP contribution in [0.15, 0.2) is 60.7 Å². The second-order valence-corrected chi connectivity index (χ2v) is 8.19. The third-order valence-corrected chi connectivity index (χ3v) is 4.26. The van der Waals surface area contributed by atoms with Crippen LogP contribution in [-0.2, 0) is 17.7 Å². The van der Waals surface area contributed by atoms with Gasteiger partial charge in [0.15, 0.2) is 0 Å². The van der Waals surface area contributed by atoms with Gasteiger partial charge in [-0.1, -0.05) is 60.7 Å². The zero-order valence-electron chi connectivity index (χ0n) is 17.3. The molecule has 2 N–H and O–H groups in total. The summed E-state index contributed by atoms with van der Waals surface area (Å²) in [6.45, 7) is 6.62. The highest BCUT2D eigenvalue weighted by molar-refractivity contribution is 5.68. The largest absolute Gasteiger partial charge is 0.444 e. The normalized spacial score (nSPS) is 13.8. The number of likely N-dealkylation sites (N-methyl/N-ethyl adjacent to an activating group) is 1. The summed E-state index contributed by atoms with van der Waals surface area (Å²) in [5.74, 6) is 0. The predicted molar refractivity (Wildman–Crippen MR) is 112 cm³/mol. The van der Waals surface area contributed by atoms with Crippen LogP contribution >= 0.6 is 0 Å². The van der Waals surface area contributed by atoms with Crippen LogP contribution in [0.25, 0.3) is 0 Å². The van der Waals surface area contributed by atoms with Crippen LogP contribution in [0, 0.1) is 0 Å². The average Bonchev–Trinajstić information content (AvgIpc) is 2.61. The molecule has 5 heteroatoms. The maximum atomic E-state index is 12.3. The summed E-state index contributed by atoms with van der Waals surface area (Å²) in [5, 5.41) is 13.7.